The Balaban J connectivity index is 1.60. The summed E-state index contributed by atoms with van der Waals surface area (Å²) >= 11 is 0. The Morgan fingerprint density at radius 1 is 1.03 bits per heavy atom. The third-order valence-electron chi connectivity index (χ3n) is 8.90. The SMILES string of the molecule is CCN(CC)c1ccc(N2CC=C[C@]34O[C@@H]5C=CCN(C)C(=O)[C@@H]5[C@H]3C(=O)N([C@@H](CO)C(C)C)C4C2=O)cc1. The second-order valence-electron chi connectivity index (χ2n) is 11.3. The van der Waals surface area contributed by atoms with Gasteiger partial charge in [0, 0.05) is 44.6 Å². The number of likely N-dealkylation sites (tertiary alicyclic amines) is 1. The standard InChI is InChI=1S/C30H40N4O5/c1-6-32(7-2)20-11-13-21(14-12-20)33-17-9-15-30-25(24-23(39-30)10-8-16-31(5)27(24)36)28(37)34(26(30)29(33)38)22(18-35)19(3)4/h8-15,19,22-26,35H,6-7,16-18H2,1-5H3/t22-,23+,24-,25-,26?,30-/m0/s1. The maximum absolute atomic E-state index is 14.5. The van der Waals surface area contributed by atoms with Gasteiger partial charge in [0.25, 0.3) is 5.91 Å². The van der Waals surface area contributed by atoms with Crippen molar-refractivity contribution in [3.8, 4) is 0 Å². The van der Waals surface area contributed by atoms with Crippen molar-refractivity contribution < 1.29 is 24.2 Å². The molecular weight excluding hydrogens is 496 g/mol. The molecule has 0 aliphatic carbocycles. The first kappa shape index (κ1) is 27.4. The van der Waals surface area contributed by atoms with Crippen molar-refractivity contribution in [3.63, 3.8) is 0 Å². The van der Waals surface area contributed by atoms with E-state index in [4.69, 9.17) is 4.74 Å². The van der Waals surface area contributed by atoms with Gasteiger partial charge in [0.05, 0.1) is 30.6 Å². The van der Waals surface area contributed by atoms with Crippen molar-refractivity contribution in [2.24, 2.45) is 17.8 Å². The summed E-state index contributed by atoms with van der Waals surface area (Å²) in [5.41, 5.74) is 0.492. The van der Waals surface area contributed by atoms with E-state index in [0.29, 0.717) is 13.1 Å². The molecule has 9 heteroatoms. The average molecular weight is 537 g/mol. The van der Waals surface area contributed by atoms with Gasteiger partial charge in [-0.15, -0.1) is 0 Å². The van der Waals surface area contributed by atoms with E-state index in [1.165, 1.54) is 4.90 Å². The molecule has 2 fully saturated rings. The van der Waals surface area contributed by atoms with E-state index in [1.807, 2.05) is 62.4 Å². The van der Waals surface area contributed by atoms with Crippen molar-refractivity contribution in [1.29, 1.82) is 0 Å². The van der Waals surface area contributed by atoms with Gasteiger partial charge in [-0.05, 0) is 44.0 Å². The molecule has 4 aliphatic rings. The smallest absolute Gasteiger partial charge is 0.253 e. The lowest BCUT2D eigenvalue weighted by Crippen LogP contribution is -2.59. The maximum Gasteiger partial charge on any atom is 0.253 e. The molecule has 39 heavy (non-hydrogen) atoms. The van der Waals surface area contributed by atoms with Crippen LogP contribution in [0.5, 0.6) is 0 Å². The van der Waals surface area contributed by atoms with Crippen LogP contribution in [-0.2, 0) is 19.1 Å². The molecule has 3 amide bonds. The molecule has 1 N–H and O–H groups in total. The molecule has 1 spiro atoms. The molecule has 0 bridgehead atoms. The first-order valence-corrected chi connectivity index (χ1v) is 14.1. The highest BCUT2D eigenvalue weighted by Crippen LogP contribution is 2.54. The van der Waals surface area contributed by atoms with Crippen molar-refractivity contribution in [1.82, 2.24) is 9.80 Å². The highest BCUT2D eigenvalue weighted by Gasteiger charge is 2.72. The molecule has 2 saturated heterocycles. The molecule has 0 aromatic heterocycles. The number of likely N-dealkylation sites (N-methyl/N-ethyl adjacent to an activating group) is 1. The number of ether oxygens (including phenoxy) is 1. The lowest BCUT2D eigenvalue weighted by molar-refractivity contribution is -0.147. The topological polar surface area (TPSA) is 93.6 Å². The third-order valence-corrected chi connectivity index (χ3v) is 8.90. The highest BCUT2D eigenvalue weighted by molar-refractivity contribution is 6.06. The molecular formula is C30H40N4O5. The number of benzene rings is 1. The maximum atomic E-state index is 14.5. The molecule has 4 heterocycles. The van der Waals surface area contributed by atoms with Crippen LogP contribution < -0.4 is 9.80 Å². The minimum Gasteiger partial charge on any atom is -0.394 e. The van der Waals surface area contributed by atoms with Crippen LogP contribution in [0, 0.1) is 17.8 Å². The lowest BCUT2D eigenvalue weighted by Gasteiger charge is -2.39. The van der Waals surface area contributed by atoms with Gasteiger partial charge in [-0.2, -0.15) is 0 Å². The van der Waals surface area contributed by atoms with Gasteiger partial charge in [-0.25, -0.2) is 0 Å². The normalized spacial score (nSPS) is 30.8. The molecule has 1 unspecified atom stereocenters. The summed E-state index contributed by atoms with van der Waals surface area (Å²) in [6.07, 6.45) is 6.85. The fraction of sp³-hybridized carbons (Fsp3) is 0.567. The van der Waals surface area contributed by atoms with Crippen LogP contribution in [0.2, 0.25) is 0 Å². The van der Waals surface area contributed by atoms with E-state index in [0.717, 1.165) is 24.5 Å². The largest absolute Gasteiger partial charge is 0.394 e. The van der Waals surface area contributed by atoms with Gasteiger partial charge in [0.15, 0.2) is 0 Å². The number of amides is 3. The van der Waals surface area contributed by atoms with Gasteiger partial charge in [-0.3, -0.25) is 14.4 Å². The molecule has 9 nitrogen and oxygen atoms in total. The van der Waals surface area contributed by atoms with Crippen LogP contribution in [0.4, 0.5) is 11.4 Å². The van der Waals surface area contributed by atoms with Gasteiger partial charge < -0.3 is 29.4 Å². The molecule has 0 radical (unpaired) electrons. The van der Waals surface area contributed by atoms with Gasteiger partial charge >= 0.3 is 0 Å². The Bertz CT molecular complexity index is 1180. The van der Waals surface area contributed by atoms with Crippen LogP contribution in [-0.4, -0.2) is 96.3 Å². The van der Waals surface area contributed by atoms with Crippen molar-refractivity contribution >= 4 is 29.1 Å². The van der Waals surface area contributed by atoms with Crippen molar-refractivity contribution in [2.45, 2.75) is 51.5 Å². The van der Waals surface area contributed by atoms with Crippen LogP contribution in [0.25, 0.3) is 0 Å². The number of hydrogen-bond acceptors (Lipinski definition) is 6. The van der Waals surface area contributed by atoms with E-state index < -0.39 is 35.6 Å². The monoisotopic (exact) mass is 536 g/mol. The highest BCUT2D eigenvalue weighted by atomic mass is 16.5. The number of aliphatic hydroxyl groups is 1. The second-order valence-corrected chi connectivity index (χ2v) is 11.3. The van der Waals surface area contributed by atoms with E-state index in [-0.39, 0.29) is 30.2 Å². The van der Waals surface area contributed by atoms with E-state index >= 15 is 0 Å². The number of hydrogen-bond donors (Lipinski definition) is 1. The predicted octanol–water partition coefficient (Wildman–Crippen LogP) is 2.06. The molecule has 6 atom stereocenters. The number of rotatable bonds is 7. The lowest BCUT2D eigenvalue weighted by atomic mass is 9.77. The van der Waals surface area contributed by atoms with Crippen LogP contribution in [0.3, 0.4) is 0 Å². The molecule has 1 aromatic rings. The summed E-state index contributed by atoms with van der Waals surface area (Å²) in [4.78, 5) is 49.4. The summed E-state index contributed by atoms with van der Waals surface area (Å²) < 4.78 is 6.65. The number of aliphatic hydroxyl groups excluding tert-OH is 1. The number of carbonyl (C=O) groups is 3. The molecule has 5 rings (SSSR count). The average Bonchev–Trinajstić information content (AvgIpc) is 3.24. The fourth-order valence-electron chi connectivity index (χ4n) is 6.84. The molecule has 1 aromatic carbocycles. The van der Waals surface area contributed by atoms with E-state index in [9.17, 15) is 19.5 Å². The number of nitrogens with zero attached hydrogens (tertiary/aromatic N) is 4. The molecule has 4 aliphatic heterocycles. The molecule has 0 saturated carbocycles. The number of carbonyl (C=O) groups excluding carboxylic acids is 3. The first-order valence-electron chi connectivity index (χ1n) is 14.1. The fourth-order valence-corrected chi connectivity index (χ4v) is 6.84. The first-order chi connectivity index (χ1) is 18.7. The summed E-state index contributed by atoms with van der Waals surface area (Å²) in [5.74, 6) is -2.46. The van der Waals surface area contributed by atoms with Crippen molar-refractivity contribution in [2.75, 3.05) is 49.6 Å². The van der Waals surface area contributed by atoms with Gasteiger partial charge in [0.2, 0.25) is 11.8 Å². The zero-order valence-electron chi connectivity index (χ0n) is 23.5. The van der Waals surface area contributed by atoms with Crippen molar-refractivity contribution in [3.05, 3.63) is 48.6 Å². The van der Waals surface area contributed by atoms with Crippen LogP contribution in [0.15, 0.2) is 48.6 Å². The Morgan fingerprint density at radius 2 is 1.72 bits per heavy atom. The zero-order valence-corrected chi connectivity index (χ0v) is 23.5. The van der Waals surface area contributed by atoms with Crippen LogP contribution in [0.1, 0.15) is 27.7 Å². The Hall–Kier alpha value is -3.17. The third kappa shape index (κ3) is 4.17. The number of anilines is 2. The van der Waals surface area contributed by atoms with E-state index in [1.54, 1.807) is 16.8 Å². The minimum absolute atomic E-state index is 0.111. The quantitative estimate of drug-likeness (QED) is 0.537. The number of fused-ring (bicyclic) bond motifs is 2. The summed E-state index contributed by atoms with van der Waals surface area (Å²) in [7, 11) is 1.72. The summed E-state index contributed by atoms with van der Waals surface area (Å²) in [5, 5.41) is 10.4. The second kappa shape index (κ2) is 10.4. The zero-order chi connectivity index (χ0) is 28.1. The summed E-state index contributed by atoms with van der Waals surface area (Å²) in [6, 6.07) is 6.28. The Kier molecular flexibility index (Phi) is 7.33. The summed E-state index contributed by atoms with van der Waals surface area (Å²) in [6.45, 7) is 10.3. The van der Waals surface area contributed by atoms with E-state index in [2.05, 4.69) is 18.7 Å². The van der Waals surface area contributed by atoms with Gasteiger partial charge in [0.1, 0.15) is 11.6 Å². The molecule has 210 valence electrons. The predicted molar refractivity (Wildman–Crippen MR) is 149 cm³/mol. The Labute approximate surface area is 230 Å². The Morgan fingerprint density at radius 3 is 2.33 bits per heavy atom. The minimum atomic E-state index is -1.31. The van der Waals surface area contributed by atoms with Crippen LogP contribution >= 0.6 is 0 Å². The van der Waals surface area contributed by atoms with Gasteiger partial charge in [-0.1, -0.05) is 38.2 Å².